The van der Waals surface area contributed by atoms with Gasteiger partial charge in [0.15, 0.2) is 0 Å². The van der Waals surface area contributed by atoms with Crippen LogP contribution in [-0.2, 0) is 11.3 Å². The van der Waals surface area contributed by atoms with Crippen molar-refractivity contribution in [2.24, 2.45) is 0 Å². The molecule has 5 nitrogen and oxygen atoms in total. The monoisotopic (exact) mass is 264 g/mol. The smallest absolute Gasteiger partial charge is 0.354 e. The molecular formula is C14H20N2O3. The molecule has 1 aromatic rings. The number of nitrogens with zero attached hydrogens (tertiary/aromatic N) is 2. The molecule has 19 heavy (non-hydrogen) atoms. The van der Waals surface area contributed by atoms with E-state index in [-0.39, 0.29) is 11.3 Å². The summed E-state index contributed by atoms with van der Waals surface area (Å²) in [5.74, 6) is -0.984. The number of methoxy groups -OCH3 is 1. The second-order valence-corrected chi connectivity index (χ2v) is 5.29. The van der Waals surface area contributed by atoms with Crippen LogP contribution in [0.2, 0.25) is 0 Å². The predicted molar refractivity (Wildman–Crippen MR) is 71.1 cm³/mol. The summed E-state index contributed by atoms with van der Waals surface area (Å²) in [7, 11) is 1.74. The van der Waals surface area contributed by atoms with Crippen LogP contribution in [0.5, 0.6) is 0 Å². The Bertz CT molecular complexity index is 464. The Balaban J connectivity index is 2.04. The van der Waals surface area contributed by atoms with Crippen molar-refractivity contribution >= 4 is 5.97 Å². The molecule has 1 atom stereocenters. The van der Waals surface area contributed by atoms with E-state index >= 15 is 0 Å². The first-order valence-corrected chi connectivity index (χ1v) is 6.49. The van der Waals surface area contributed by atoms with E-state index in [9.17, 15) is 4.79 Å². The zero-order chi connectivity index (χ0) is 13.9. The lowest BCUT2D eigenvalue weighted by atomic mass is 9.94. The number of pyridine rings is 1. The molecule has 0 aliphatic carbocycles. The molecule has 0 bridgehead atoms. The minimum atomic E-state index is -0.984. The largest absolute Gasteiger partial charge is 0.477 e. The van der Waals surface area contributed by atoms with Gasteiger partial charge in [-0.05, 0) is 38.4 Å². The average Bonchev–Trinajstić information content (AvgIpc) is 2.39. The summed E-state index contributed by atoms with van der Waals surface area (Å²) < 4.78 is 5.55. The number of aromatic carboxylic acids is 1. The quantitative estimate of drug-likeness (QED) is 0.898. The number of rotatable bonds is 4. The van der Waals surface area contributed by atoms with Gasteiger partial charge in [-0.3, -0.25) is 4.90 Å². The molecule has 1 N–H and O–H groups in total. The van der Waals surface area contributed by atoms with E-state index in [1.165, 1.54) is 6.07 Å². The van der Waals surface area contributed by atoms with Crippen molar-refractivity contribution in [2.75, 3.05) is 20.2 Å². The average molecular weight is 264 g/mol. The number of carbonyl (C=O) groups is 1. The van der Waals surface area contributed by atoms with Crippen LogP contribution in [-0.4, -0.2) is 46.8 Å². The lowest BCUT2D eigenvalue weighted by molar-refractivity contribution is -0.0529. The zero-order valence-electron chi connectivity index (χ0n) is 11.4. The summed E-state index contributed by atoms with van der Waals surface area (Å²) in [6, 6.07) is 5.12. The van der Waals surface area contributed by atoms with Gasteiger partial charge < -0.3 is 9.84 Å². The van der Waals surface area contributed by atoms with Crippen molar-refractivity contribution < 1.29 is 14.6 Å². The maximum atomic E-state index is 10.9. The third kappa shape index (κ3) is 3.52. The molecule has 0 saturated carbocycles. The maximum Gasteiger partial charge on any atom is 0.354 e. The first-order chi connectivity index (χ1) is 9.02. The molecule has 1 aliphatic rings. The molecule has 2 rings (SSSR count). The van der Waals surface area contributed by atoms with Crippen molar-refractivity contribution in [3.05, 3.63) is 29.6 Å². The number of carboxylic acids is 1. The van der Waals surface area contributed by atoms with Crippen molar-refractivity contribution in [3.63, 3.8) is 0 Å². The molecule has 0 radical (unpaired) electrons. The molecule has 1 aromatic heterocycles. The van der Waals surface area contributed by atoms with Crippen LogP contribution < -0.4 is 0 Å². The highest BCUT2D eigenvalue weighted by atomic mass is 16.5. The van der Waals surface area contributed by atoms with Gasteiger partial charge in [-0.25, -0.2) is 9.78 Å². The molecule has 0 spiro atoms. The molecule has 0 amide bonds. The molecule has 5 heteroatoms. The van der Waals surface area contributed by atoms with Crippen LogP contribution >= 0.6 is 0 Å². The Hall–Kier alpha value is -1.46. The van der Waals surface area contributed by atoms with E-state index in [1.807, 2.05) is 6.07 Å². The highest BCUT2D eigenvalue weighted by molar-refractivity contribution is 5.85. The van der Waals surface area contributed by atoms with Gasteiger partial charge in [0.05, 0.1) is 11.3 Å². The van der Waals surface area contributed by atoms with Gasteiger partial charge in [0.25, 0.3) is 0 Å². The van der Waals surface area contributed by atoms with Gasteiger partial charge >= 0.3 is 5.97 Å². The summed E-state index contributed by atoms with van der Waals surface area (Å²) in [6.45, 7) is 4.63. The highest BCUT2D eigenvalue weighted by Gasteiger charge is 2.30. The number of aromatic nitrogens is 1. The molecule has 1 unspecified atom stereocenters. The van der Waals surface area contributed by atoms with E-state index < -0.39 is 5.97 Å². The fraction of sp³-hybridized carbons (Fsp3) is 0.571. The first kappa shape index (κ1) is 14.0. The SMILES string of the molecule is COC1(C)CCCN(Cc2cccc(C(=O)O)n2)C1. The predicted octanol–water partition coefficient (Wildman–Crippen LogP) is 1.78. The van der Waals surface area contributed by atoms with Crippen LogP contribution in [0.4, 0.5) is 0 Å². The van der Waals surface area contributed by atoms with E-state index in [1.54, 1.807) is 13.2 Å². The van der Waals surface area contributed by atoms with Crippen LogP contribution in [0.1, 0.15) is 35.9 Å². The fourth-order valence-electron chi connectivity index (χ4n) is 2.53. The summed E-state index contributed by atoms with van der Waals surface area (Å²) >= 11 is 0. The van der Waals surface area contributed by atoms with Gasteiger partial charge in [-0.1, -0.05) is 6.07 Å². The van der Waals surface area contributed by atoms with Crippen LogP contribution in [0, 0.1) is 0 Å². The summed E-state index contributed by atoms with van der Waals surface area (Å²) in [4.78, 5) is 17.3. The molecule has 2 heterocycles. The lowest BCUT2D eigenvalue weighted by Gasteiger charge is -2.39. The lowest BCUT2D eigenvalue weighted by Crippen LogP contribution is -2.46. The first-order valence-electron chi connectivity index (χ1n) is 6.49. The number of piperidine rings is 1. The fourth-order valence-corrected chi connectivity index (χ4v) is 2.53. The summed E-state index contributed by atoms with van der Waals surface area (Å²) in [6.07, 6.45) is 2.14. The Kier molecular flexibility index (Phi) is 4.17. The number of hydrogen-bond acceptors (Lipinski definition) is 4. The number of carboxylic acid groups (broad SMARTS) is 1. The minimum absolute atomic E-state index is 0.101. The molecular weight excluding hydrogens is 244 g/mol. The van der Waals surface area contributed by atoms with Crippen molar-refractivity contribution in [1.29, 1.82) is 0 Å². The Morgan fingerprint density at radius 1 is 1.58 bits per heavy atom. The standard InChI is InChI=1S/C14H20N2O3/c1-14(19-2)7-4-8-16(10-14)9-11-5-3-6-12(15-11)13(17)18/h3,5-6H,4,7-10H2,1-2H3,(H,17,18). The molecule has 1 fully saturated rings. The Morgan fingerprint density at radius 2 is 2.37 bits per heavy atom. The van der Waals surface area contributed by atoms with Crippen molar-refractivity contribution in [3.8, 4) is 0 Å². The highest BCUT2D eigenvalue weighted by Crippen LogP contribution is 2.24. The second-order valence-electron chi connectivity index (χ2n) is 5.29. The molecule has 104 valence electrons. The van der Waals surface area contributed by atoms with E-state index in [4.69, 9.17) is 9.84 Å². The van der Waals surface area contributed by atoms with Crippen LogP contribution in [0.25, 0.3) is 0 Å². The molecule has 1 saturated heterocycles. The molecule has 1 aliphatic heterocycles. The van der Waals surface area contributed by atoms with Gasteiger partial charge in [-0.15, -0.1) is 0 Å². The van der Waals surface area contributed by atoms with Gasteiger partial charge in [0.2, 0.25) is 0 Å². The van der Waals surface area contributed by atoms with Gasteiger partial charge in [0.1, 0.15) is 5.69 Å². The van der Waals surface area contributed by atoms with Gasteiger partial charge in [0, 0.05) is 20.2 Å². The molecule has 0 aromatic carbocycles. The number of ether oxygens (including phenoxy) is 1. The van der Waals surface area contributed by atoms with Crippen LogP contribution in [0.3, 0.4) is 0 Å². The number of likely N-dealkylation sites (tertiary alicyclic amines) is 1. The van der Waals surface area contributed by atoms with Crippen LogP contribution in [0.15, 0.2) is 18.2 Å². The number of hydrogen-bond donors (Lipinski definition) is 1. The Labute approximate surface area is 113 Å². The summed E-state index contributed by atoms with van der Waals surface area (Å²) in [5, 5.41) is 8.94. The van der Waals surface area contributed by atoms with E-state index in [2.05, 4.69) is 16.8 Å². The maximum absolute atomic E-state index is 10.9. The van der Waals surface area contributed by atoms with Crippen molar-refractivity contribution in [1.82, 2.24) is 9.88 Å². The second kappa shape index (κ2) is 5.67. The summed E-state index contributed by atoms with van der Waals surface area (Å²) in [5.41, 5.74) is 0.784. The zero-order valence-corrected chi connectivity index (χ0v) is 11.4. The van der Waals surface area contributed by atoms with Crippen molar-refractivity contribution in [2.45, 2.75) is 31.9 Å². The normalized spacial score (nSPS) is 24.3. The van der Waals surface area contributed by atoms with E-state index in [0.29, 0.717) is 6.54 Å². The third-order valence-corrected chi connectivity index (χ3v) is 3.64. The Morgan fingerprint density at radius 3 is 3.05 bits per heavy atom. The topological polar surface area (TPSA) is 62.7 Å². The third-order valence-electron chi connectivity index (χ3n) is 3.64. The van der Waals surface area contributed by atoms with Gasteiger partial charge in [-0.2, -0.15) is 0 Å². The minimum Gasteiger partial charge on any atom is -0.477 e. The van der Waals surface area contributed by atoms with E-state index in [0.717, 1.165) is 31.6 Å².